The van der Waals surface area contributed by atoms with Gasteiger partial charge in [-0.25, -0.2) is 4.68 Å². The number of hydrogen-bond acceptors (Lipinski definition) is 3. The van der Waals surface area contributed by atoms with Crippen LogP contribution in [0.25, 0.3) is 17.1 Å². The molecule has 1 amide bonds. The second-order valence-corrected chi connectivity index (χ2v) is 6.18. The van der Waals surface area contributed by atoms with Gasteiger partial charge in [0.2, 0.25) is 0 Å². The Bertz CT molecular complexity index is 840. The fourth-order valence-corrected chi connectivity index (χ4v) is 2.74. The molecule has 130 valence electrons. The lowest BCUT2D eigenvalue weighted by Gasteiger charge is -2.08. The normalized spacial score (nSPS) is 10.8. The largest absolute Gasteiger partial charge is 0.463 e. The maximum Gasteiger partial charge on any atom is 0.270 e. The highest BCUT2D eigenvalue weighted by Gasteiger charge is 2.18. The molecule has 0 atom stereocenters. The average Bonchev–Trinajstić information content (AvgIpc) is 3.27. The van der Waals surface area contributed by atoms with Crippen LogP contribution in [0, 0.1) is 0 Å². The number of rotatable bonds is 7. The summed E-state index contributed by atoms with van der Waals surface area (Å²) >= 11 is 6.09. The Kier molecular flexibility index (Phi) is 5.56. The maximum absolute atomic E-state index is 12.6. The van der Waals surface area contributed by atoms with E-state index in [1.165, 1.54) is 0 Å². The van der Waals surface area contributed by atoms with Gasteiger partial charge < -0.3 is 9.73 Å². The summed E-state index contributed by atoms with van der Waals surface area (Å²) in [5, 5.41) is 8.07. The molecule has 3 aromatic rings. The van der Waals surface area contributed by atoms with E-state index in [4.69, 9.17) is 16.0 Å². The topological polar surface area (TPSA) is 60.1 Å². The van der Waals surface area contributed by atoms with Crippen molar-refractivity contribution in [3.8, 4) is 17.1 Å². The summed E-state index contributed by atoms with van der Waals surface area (Å²) < 4.78 is 7.00. The third-order valence-corrected chi connectivity index (χ3v) is 4.07. The zero-order valence-electron chi connectivity index (χ0n) is 14.0. The minimum Gasteiger partial charge on any atom is -0.463 e. The number of hydrogen-bond donors (Lipinski definition) is 1. The van der Waals surface area contributed by atoms with Crippen molar-refractivity contribution >= 4 is 17.5 Å². The van der Waals surface area contributed by atoms with E-state index >= 15 is 0 Å². The molecule has 0 saturated heterocycles. The van der Waals surface area contributed by atoms with Crippen LogP contribution < -0.4 is 5.32 Å². The van der Waals surface area contributed by atoms with E-state index in [0.717, 1.165) is 24.9 Å². The van der Waals surface area contributed by atoms with Gasteiger partial charge in [0.15, 0.2) is 5.76 Å². The molecule has 0 aliphatic carbocycles. The van der Waals surface area contributed by atoms with Crippen LogP contribution in [0.15, 0.2) is 53.1 Å². The minimum atomic E-state index is -0.165. The predicted molar refractivity (Wildman–Crippen MR) is 98.1 cm³/mol. The molecule has 0 aliphatic heterocycles. The van der Waals surface area contributed by atoms with E-state index < -0.39 is 0 Å². The minimum absolute atomic E-state index is 0.165. The van der Waals surface area contributed by atoms with Gasteiger partial charge in [0.1, 0.15) is 11.4 Å². The number of nitrogens with zero attached hydrogens (tertiary/aromatic N) is 2. The molecule has 2 heterocycles. The molecule has 0 saturated carbocycles. The number of carbonyl (C=O) groups is 1. The number of amides is 1. The summed E-state index contributed by atoms with van der Waals surface area (Å²) in [5.74, 6) is 0.446. The van der Waals surface area contributed by atoms with Gasteiger partial charge in [-0.15, -0.1) is 0 Å². The lowest BCUT2D eigenvalue weighted by Crippen LogP contribution is -2.26. The van der Waals surface area contributed by atoms with Gasteiger partial charge in [-0.05, 0) is 36.8 Å². The fraction of sp³-hybridized carbons (Fsp3) is 0.263. The quantitative estimate of drug-likeness (QED) is 0.623. The van der Waals surface area contributed by atoms with Crippen molar-refractivity contribution in [2.75, 3.05) is 6.54 Å². The average molecular weight is 358 g/mol. The molecule has 6 heteroatoms. The Morgan fingerprint density at radius 1 is 1.24 bits per heavy atom. The third kappa shape index (κ3) is 4.12. The first-order chi connectivity index (χ1) is 12.2. The van der Waals surface area contributed by atoms with Gasteiger partial charge in [0, 0.05) is 17.6 Å². The molecule has 0 fully saturated rings. The van der Waals surface area contributed by atoms with Crippen LogP contribution in [0.5, 0.6) is 0 Å². The Morgan fingerprint density at radius 2 is 2.12 bits per heavy atom. The SMILES string of the molecule is CCCCCNC(=O)c1cc(-c2ccco2)nn1-c1cccc(Cl)c1. The van der Waals surface area contributed by atoms with E-state index in [-0.39, 0.29) is 5.91 Å². The Labute approximate surface area is 151 Å². The summed E-state index contributed by atoms with van der Waals surface area (Å²) in [5.41, 5.74) is 1.78. The van der Waals surface area contributed by atoms with Crippen LogP contribution in [0.3, 0.4) is 0 Å². The van der Waals surface area contributed by atoms with Crippen molar-refractivity contribution in [3.05, 3.63) is 59.4 Å². The maximum atomic E-state index is 12.6. The van der Waals surface area contributed by atoms with Gasteiger partial charge in [0.05, 0.1) is 12.0 Å². The summed E-state index contributed by atoms with van der Waals surface area (Å²) in [7, 11) is 0. The number of carbonyl (C=O) groups excluding carboxylic acids is 1. The van der Waals surface area contributed by atoms with Crippen LogP contribution in [0.2, 0.25) is 5.02 Å². The molecular weight excluding hydrogens is 338 g/mol. The number of furan rings is 1. The molecule has 1 aromatic carbocycles. The second-order valence-electron chi connectivity index (χ2n) is 5.75. The first-order valence-electron chi connectivity index (χ1n) is 8.37. The Morgan fingerprint density at radius 3 is 2.84 bits per heavy atom. The van der Waals surface area contributed by atoms with Crippen molar-refractivity contribution in [2.45, 2.75) is 26.2 Å². The smallest absolute Gasteiger partial charge is 0.270 e. The standard InChI is InChI=1S/C19H20ClN3O2/c1-2-3-4-10-21-19(24)17-13-16(18-9-6-11-25-18)22-23(17)15-8-5-7-14(20)12-15/h5-9,11-13H,2-4,10H2,1H3,(H,21,24). The summed E-state index contributed by atoms with van der Waals surface area (Å²) in [6.07, 6.45) is 4.74. The Hall–Kier alpha value is -2.53. The van der Waals surface area contributed by atoms with Crippen molar-refractivity contribution in [3.63, 3.8) is 0 Å². The van der Waals surface area contributed by atoms with Crippen molar-refractivity contribution < 1.29 is 9.21 Å². The van der Waals surface area contributed by atoms with E-state index in [0.29, 0.717) is 28.7 Å². The zero-order chi connectivity index (χ0) is 17.6. The van der Waals surface area contributed by atoms with Crippen LogP contribution >= 0.6 is 11.6 Å². The number of aromatic nitrogens is 2. The molecule has 0 aliphatic rings. The van der Waals surface area contributed by atoms with Gasteiger partial charge in [-0.3, -0.25) is 4.79 Å². The highest BCUT2D eigenvalue weighted by Crippen LogP contribution is 2.23. The zero-order valence-corrected chi connectivity index (χ0v) is 14.8. The first kappa shape index (κ1) is 17.3. The fourth-order valence-electron chi connectivity index (χ4n) is 2.56. The van der Waals surface area contributed by atoms with Gasteiger partial charge in [-0.2, -0.15) is 5.10 Å². The molecule has 1 N–H and O–H groups in total. The van der Waals surface area contributed by atoms with E-state index in [1.807, 2.05) is 18.2 Å². The summed E-state index contributed by atoms with van der Waals surface area (Å²) in [6, 6.07) is 12.6. The van der Waals surface area contributed by atoms with Gasteiger partial charge >= 0.3 is 0 Å². The molecule has 0 bridgehead atoms. The number of unbranched alkanes of at least 4 members (excludes halogenated alkanes) is 2. The van der Waals surface area contributed by atoms with Crippen molar-refractivity contribution in [2.24, 2.45) is 0 Å². The monoisotopic (exact) mass is 357 g/mol. The summed E-state index contributed by atoms with van der Waals surface area (Å²) in [4.78, 5) is 12.6. The van der Waals surface area contributed by atoms with Crippen molar-refractivity contribution in [1.82, 2.24) is 15.1 Å². The first-order valence-corrected chi connectivity index (χ1v) is 8.75. The lowest BCUT2D eigenvalue weighted by atomic mass is 10.2. The van der Waals surface area contributed by atoms with Crippen LogP contribution in [0.1, 0.15) is 36.7 Å². The van der Waals surface area contributed by atoms with Gasteiger partial charge in [-0.1, -0.05) is 37.4 Å². The third-order valence-electron chi connectivity index (χ3n) is 3.83. The number of halogens is 1. The van der Waals surface area contributed by atoms with Crippen LogP contribution in [0.4, 0.5) is 0 Å². The summed E-state index contributed by atoms with van der Waals surface area (Å²) in [6.45, 7) is 2.77. The molecule has 0 unspecified atom stereocenters. The second kappa shape index (κ2) is 8.03. The highest BCUT2D eigenvalue weighted by molar-refractivity contribution is 6.30. The molecule has 5 nitrogen and oxygen atoms in total. The van der Waals surface area contributed by atoms with E-state index in [9.17, 15) is 4.79 Å². The van der Waals surface area contributed by atoms with E-state index in [2.05, 4.69) is 17.3 Å². The predicted octanol–water partition coefficient (Wildman–Crippen LogP) is 4.71. The molecule has 2 aromatic heterocycles. The highest BCUT2D eigenvalue weighted by atomic mass is 35.5. The molecular formula is C19H20ClN3O2. The number of benzene rings is 1. The molecule has 0 radical (unpaired) electrons. The van der Waals surface area contributed by atoms with Crippen LogP contribution in [-0.2, 0) is 0 Å². The van der Waals surface area contributed by atoms with Crippen LogP contribution in [-0.4, -0.2) is 22.2 Å². The lowest BCUT2D eigenvalue weighted by molar-refractivity contribution is 0.0945. The van der Waals surface area contributed by atoms with E-state index in [1.54, 1.807) is 35.2 Å². The molecule has 25 heavy (non-hydrogen) atoms. The van der Waals surface area contributed by atoms with Gasteiger partial charge in [0.25, 0.3) is 5.91 Å². The Balaban J connectivity index is 1.93. The molecule has 3 rings (SSSR count). The molecule has 0 spiro atoms. The number of nitrogens with one attached hydrogen (secondary N) is 1. The van der Waals surface area contributed by atoms with Crippen molar-refractivity contribution in [1.29, 1.82) is 0 Å².